The van der Waals surface area contributed by atoms with Gasteiger partial charge in [0.05, 0.1) is 0 Å². The molecule has 0 aliphatic carbocycles. The highest BCUT2D eigenvalue weighted by molar-refractivity contribution is 5.53. The molecule has 0 bridgehead atoms. The van der Waals surface area contributed by atoms with Crippen LogP contribution in [0.4, 0.5) is 0 Å². The molecular weight excluding hydrogens is 218 g/mol. The Labute approximate surface area is 101 Å². The summed E-state index contributed by atoms with van der Waals surface area (Å²) >= 11 is 0. The molecule has 0 spiro atoms. The minimum absolute atomic E-state index is 0.176. The predicted octanol–water partition coefficient (Wildman–Crippen LogP) is 1.69. The first kappa shape index (κ1) is 13.2. The van der Waals surface area contributed by atoms with Gasteiger partial charge in [-0.05, 0) is 12.5 Å². The summed E-state index contributed by atoms with van der Waals surface area (Å²) in [5.41, 5.74) is 0.524. The molecule has 0 aliphatic rings. The Morgan fingerprint density at radius 3 is 2.59 bits per heavy atom. The number of nitrogens with one attached hydrogen (secondary N) is 1. The molecule has 1 aromatic rings. The second kappa shape index (κ2) is 6.02. The van der Waals surface area contributed by atoms with Crippen molar-refractivity contribution in [3.8, 4) is 29.6 Å². The van der Waals surface area contributed by atoms with Crippen molar-refractivity contribution in [2.75, 3.05) is 0 Å². The van der Waals surface area contributed by atoms with E-state index in [4.69, 9.17) is 6.42 Å². The normalized spacial score (nSPS) is 12.0. The molecule has 4 N–H and O–H groups in total. The van der Waals surface area contributed by atoms with Crippen molar-refractivity contribution in [2.45, 2.75) is 32.4 Å². The van der Waals surface area contributed by atoms with Crippen LogP contribution in [0, 0.1) is 12.3 Å². The molecular formula is C13H17NO3. The maximum absolute atomic E-state index is 9.60. The molecule has 0 aromatic heterocycles. The van der Waals surface area contributed by atoms with E-state index in [0.29, 0.717) is 18.5 Å². The van der Waals surface area contributed by atoms with Crippen molar-refractivity contribution < 1.29 is 15.3 Å². The number of terminal acetylenes is 1. The highest BCUT2D eigenvalue weighted by atomic mass is 16.3. The molecule has 17 heavy (non-hydrogen) atoms. The van der Waals surface area contributed by atoms with E-state index in [0.717, 1.165) is 6.42 Å². The average molecular weight is 235 g/mol. The van der Waals surface area contributed by atoms with Crippen molar-refractivity contribution >= 4 is 0 Å². The molecule has 0 saturated carbocycles. The van der Waals surface area contributed by atoms with Crippen molar-refractivity contribution in [1.82, 2.24) is 5.32 Å². The molecule has 0 amide bonds. The van der Waals surface area contributed by atoms with Gasteiger partial charge in [0.25, 0.3) is 0 Å². The van der Waals surface area contributed by atoms with Gasteiger partial charge in [0.15, 0.2) is 11.5 Å². The smallest absolute Gasteiger partial charge is 0.200 e. The lowest BCUT2D eigenvalue weighted by Crippen LogP contribution is -2.27. The minimum Gasteiger partial charge on any atom is -0.504 e. The fourth-order valence-corrected chi connectivity index (χ4v) is 1.51. The molecule has 0 heterocycles. The molecule has 0 radical (unpaired) electrons. The topological polar surface area (TPSA) is 72.7 Å². The highest BCUT2D eigenvalue weighted by Crippen LogP contribution is 2.36. The van der Waals surface area contributed by atoms with E-state index in [1.165, 1.54) is 6.07 Å². The zero-order chi connectivity index (χ0) is 12.8. The Morgan fingerprint density at radius 2 is 2.00 bits per heavy atom. The van der Waals surface area contributed by atoms with Crippen molar-refractivity contribution in [3.63, 3.8) is 0 Å². The van der Waals surface area contributed by atoms with E-state index >= 15 is 0 Å². The van der Waals surface area contributed by atoms with Gasteiger partial charge >= 0.3 is 0 Å². The van der Waals surface area contributed by atoms with E-state index in [1.807, 2.05) is 6.92 Å². The highest BCUT2D eigenvalue weighted by Gasteiger charge is 2.12. The summed E-state index contributed by atoms with van der Waals surface area (Å²) in [5, 5.41) is 31.3. The van der Waals surface area contributed by atoms with Crippen LogP contribution in [0.2, 0.25) is 0 Å². The third-order valence-corrected chi connectivity index (χ3v) is 2.65. The number of aromatic hydroxyl groups is 3. The SMILES string of the molecule is C#CCC(CC)NCc1ccc(O)c(O)c1O. The summed E-state index contributed by atoms with van der Waals surface area (Å²) in [5.74, 6) is 1.45. The average Bonchev–Trinajstić information content (AvgIpc) is 2.33. The molecule has 1 atom stereocenters. The fraction of sp³-hybridized carbons (Fsp3) is 0.385. The van der Waals surface area contributed by atoms with E-state index in [-0.39, 0.29) is 17.5 Å². The van der Waals surface area contributed by atoms with Gasteiger partial charge in [-0.15, -0.1) is 12.3 Å². The van der Waals surface area contributed by atoms with Crippen LogP contribution in [0.5, 0.6) is 17.2 Å². The summed E-state index contributed by atoms with van der Waals surface area (Å²) in [7, 11) is 0. The molecule has 1 unspecified atom stereocenters. The fourth-order valence-electron chi connectivity index (χ4n) is 1.51. The van der Waals surface area contributed by atoms with E-state index in [1.54, 1.807) is 6.07 Å². The zero-order valence-corrected chi connectivity index (χ0v) is 9.77. The number of phenolic OH excluding ortho intramolecular Hbond substituents is 3. The van der Waals surface area contributed by atoms with E-state index in [9.17, 15) is 15.3 Å². The Kier molecular flexibility index (Phi) is 4.68. The third kappa shape index (κ3) is 3.30. The first-order chi connectivity index (χ1) is 8.10. The number of benzene rings is 1. The van der Waals surface area contributed by atoms with Gasteiger partial charge < -0.3 is 20.6 Å². The lowest BCUT2D eigenvalue weighted by molar-refractivity contribution is 0.363. The van der Waals surface area contributed by atoms with Crippen LogP contribution in [0.1, 0.15) is 25.3 Å². The van der Waals surface area contributed by atoms with Crippen molar-refractivity contribution in [1.29, 1.82) is 0 Å². The summed E-state index contributed by atoms with van der Waals surface area (Å²) in [6.07, 6.45) is 6.73. The minimum atomic E-state index is -0.491. The van der Waals surface area contributed by atoms with Crippen LogP contribution in [0.25, 0.3) is 0 Å². The van der Waals surface area contributed by atoms with Crippen LogP contribution in [0.15, 0.2) is 12.1 Å². The Balaban J connectivity index is 2.70. The molecule has 4 heteroatoms. The number of hydrogen-bond donors (Lipinski definition) is 4. The largest absolute Gasteiger partial charge is 0.504 e. The zero-order valence-electron chi connectivity index (χ0n) is 9.77. The van der Waals surface area contributed by atoms with Gasteiger partial charge in [-0.25, -0.2) is 0 Å². The number of rotatable bonds is 5. The van der Waals surface area contributed by atoms with Gasteiger partial charge in [-0.1, -0.05) is 13.0 Å². The van der Waals surface area contributed by atoms with Crippen molar-refractivity contribution in [3.05, 3.63) is 17.7 Å². The van der Waals surface area contributed by atoms with Gasteiger partial charge in [0.1, 0.15) is 0 Å². The molecule has 92 valence electrons. The Hall–Kier alpha value is -1.86. The van der Waals surface area contributed by atoms with E-state index < -0.39 is 5.75 Å². The monoisotopic (exact) mass is 235 g/mol. The molecule has 4 nitrogen and oxygen atoms in total. The molecule has 1 aromatic carbocycles. The quantitative estimate of drug-likeness (QED) is 0.463. The summed E-state index contributed by atoms with van der Waals surface area (Å²) in [4.78, 5) is 0. The third-order valence-electron chi connectivity index (χ3n) is 2.65. The van der Waals surface area contributed by atoms with Crippen LogP contribution >= 0.6 is 0 Å². The second-order valence-electron chi connectivity index (χ2n) is 3.84. The lowest BCUT2D eigenvalue weighted by atomic mass is 10.1. The number of phenols is 3. The lowest BCUT2D eigenvalue weighted by Gasteiger charge is -2.15. The van der Waals surface area contributed by atoms with Crippen LogP contribution in [-0.4, -0.2) is 21.4 Å². The molecule has 0 aliphatic heterocycles. The van der Waals surface area contributed by atoms with E-state index in [2.05, 4.69) is 11.2 Å². The Bertz CT molecular complexity index is 423. The second-order valence-corrected chi connectivity index (χ2v) is 3.84. The predicted molar refractivity (Wildman–Crippen MR) is 65.8 cm³/mol. The van der Waals surface area contributed by atoms with Crippen molar-refractivity contribution in [2.24, 2.45) is 0 Å². The summed E-state index contributed by atoms with van der Waals surface area (Å²) in [6, 6.07) is 3.07. The standard InChI is InChI=1S/C13H17NO3/c1-3-5-10(4-2)14-8-9-6-7-11(15)13(17)12(9)16/h1,6-7,10,14-17H,4-5,8H2,2H3. The number of hydrogen-bond acceptors (Lipinski definition) is 4. The van der Waals surface area contributed by atoms with Crippen LogP contribution < -0.4 is 5.32 Å². The van der Waals surface area contributed by atoms with Gasteiger partial charge in [0.2, 0.25) is 5.75 Å². The van der Waals surface area contributed by atoms with Gasteiger partial charge in [-0.3, -0.25) is 0 Å². The summed E-state index contributed by atoms with van der Waals surface area (Å²) < 4.78 is 0. The van der Waals surface area contributed by atoms with Gasteiger partial charge in [0, 0.05) is 24.6 Å². The summed E-state index contributed by atoms with van der Waals surface area (Å²) in [6.45, 7) is 2.41. The van der Waals surface area contributed by atoms with Crippen LogP contribution in [0.3, 0.4) is 0 Å². The first-order valence-electron chi connectivity index (χ1n) is 5.49. The first-order valence-corrected chi connectivity index (χ1v) is 5.49. The molecule has 0 saturated heterocycles. The maximum Gasteiger partial charge on any atom is 0.200 e. The molecule has 1 rings (SSSR count). The molecule has 0 fully saturated rings. The van der Waals surface area contributed by atoms with Crippen LogP contribution in [-0.2, 0) is 6.54 Å². The Morgan fingerprint density at radius 1 is 1.29 bits per heavy atom. The van der Waals surface area contributed by atoms with Gasteiger partial charge in [-0.2, -0.15) is 0 Å². The maximum atomic E-state index is 9.60.